The molecule has 0 spiro atoms. The molecular weight excluding hydrogens is 727 g/mol. The van der Waals surface area contributed by atoms with Crippen LogP contribution in [0, 0.1) is 0 Å². The van der Waals surface area contributed by atoms with E-state index < -0.39 is 8.07 Å². The summed E-state index contributed by atoms with van der Waals surface area (Å²) in [7, 11) is -1.44. The monoisotopic (exact) mass is 775 g/mol. The van der Waals surface area contributed by atoms with E-state index in [-0.39, 0.29) is 0 Å². The second kappa shape index (κ2) is 15.5. The molecule has 0 heterocycles. The van der Waals surface area contributed by atoms with Gasteiger partial charge in [0, 0.05) is 17.1 Å². The maximum absolute atomic E-state index is 4.06. The lowest BCUT2D eigenvalue weighted by atomic mass is 9.84. The van der Waals surface area contributed by atoms with E-state index >= 15 is 0 Å². The fourth-order valence-corrected chi connectivity index (χ4v) is 9.73. The molecule has 0 fully saturated rings. The van der Waals surface area contributed by atoms with Crippen LogP contribution in [0.25, 0.3) is 76.5 Å². The van der Waals surface area contributed by atoms with Gasteiger partial charge in [-0.2, -0.15) is 0 Å². The molecule has 0 aromatic heterocycles. The zero-order chi connectivity index (χ0) is 40.7. The second-order valence-corrected chi connectivity index (χ2v) is 21.9. The molecule has 286 valence electrons. The molecule has 0 saturated carbocycles. The van der Waals surface area contributed by atoms with Crippen molar-refractivity contribution in [2.75, 3.05) is 4.90 Å². The summed E-state index contributed by atoms with van der Waals surface area (Å²) >= 11 is 0. The minimum atomic E-state index is -1.44. The van der Waals surface area contributed by atoms with Crippen LogP contribution < -0.4 is 10.1 Å². The minimum Gasteiger partial charge on any atom is -0.315 e. The van der Waals surface area contributed by atoms with Crippen LogP contribution in [0.15, 0.2) is 212 Å². The Labute approximate surface area is 349 Å². The lowest BCUT2D eigenvalue weighted by molar-refractivity contribution is 1.16. The Morgan fingerprint density at radius 3 is 1.46 bits per heavy atom. The summed E-state index contributed by atoms with van der Waals surface area (Å²) in [6, 6.07) is 65.4. The molecule has 1 nitrogen and oxygen atoms in total. The van der Waals surface area contributed by atoms with Gasteiger partial charge in [0.25, 0.3) is 0 Å². The van der Waals surface area contributed by atoms with E-state index in [1.54, 1.807) is 0 Å². The van der Waals surface area contributed by atoms with Crippen molar-refractivity contribution in [3.63, 3.8) is 0 Å². The number of allylic oxidation sites excluding steroid dienone is 5. The summed E-state index contributed by atoms with van der Waals surface area (Å²) in [5.41, 5.74) is 11.8. The summed E-state index contributed by atoms with van der Waals surface area (Å²) in [5, 5.41) is 11.4. The number of nitrogens with zero attached hydrogens (tertiary/aromatic N) is 1. The lowest BCUT2D eigenvalue weighted by Gasteiger charge is -2.27. The number of anilines is 2. The summed E-state index contributed by atoms with van der Waals surface area (Å²) in [5.74, 6) is 0. The van der Waals surface area contributed by atoms with Gasteiger partial charge < -0.3 is 4.90 Å². The average Bonchev–Trinajstić information content (AvgIpc) is 3.25. The van der Waals surface area contributed by atoms with Crippen molar-refractivity contribution in [3.05, 3.63) is 212 Å². The largest absolute Gasteiger partial charge is 0.315 e. The van der Waals surface area contributed by atoms with Crippen LogP contribution in [-0.2, 0) is 0 Å². The molecule has 9 aromatic rings. The van der Waals surface area contributed by atoms with Crippen LogP contribution >= 0.6 is 0 Å². The van der Waals surface area contributed by atoms with Crippen molar-refractivity contribution in [2.24, 2.45) is 0 Å². The third kappa shape index (κ3) is 7.44. The smallest absolute Gasteiger partial charge is 0.0775 e. The molecule has 0 unspecified atom stereocenters. The minimum absolute atomic E-state index is 1.03. The Balaban J connectivity index is 1.22. The van der Waals surface area contributed by atoms with E-state index in [4.69, 9.17) is 0 Å². The van der Waals surface area contributed by atoms with E-state index in [1.165, 1.54) is 81.7 Å². The van der Waals surface area contributed by atoms with Crippen molar-refractivity contribution >= 4 is 67.7 Å². The summed E-state index contributed by atoms with van der Waals surface area (Å²) in [4.78, 5) is 2.35. The Bertz CT molecular complexity index is 3100. The Kier molecular flexibility index (Phi) is 9.96. The van der Waals surface area contributed by atoms with E-state index in [2.05, 4.69) is 232 Å². The van der Waals surface area contributed by atoms with Gasteiger partial charge in [-0.15, -0.1) is 0 Å². The zero-order valence-corrected chi connectivity index (χ0v) is 35.6. The Hall–Kier alpha value is -6.74. The highest BCUT2D eigenvalue weighted by atomic mass is 28.3. The number of benzene rings is 9. The maximum atomic E-state index is 4.06. The topological polar surface area (TPSA) is 3.24 Å². The van der Waals surface area contributed by atoms with Gasteiger partial charge in [-0.25, -0.2) is 0 Å². The first-order valence-electron chi connectivity index (χ1n) is 20.6. The van der Waals surface area contributed by atoms with Gasteiger partial charge in [-0.1, -0.05) is 183 Å². The average molecular weight is 776 g/mol. The number of fused-ring (bicyclic) bond motifs is 4. The lowest BCUT2D eigenvalue weighted by Crippen LogP contribution is -2.37. The maximum Gasteiger partial charge on any atom is 0.0775 e. The fourth-order valence-electron chi connectivity index (χ4n) is 8.57. The van der Waals surface area contributed by atoms with Gasteiger partial charge in [-0.3, -0.25) is 0 Å². The van der Waals surface area contributed by atoms with Crippen LogP contribution in [0.2, 0.25) is 19.6 Å². The molecule has 0 aliphatic carbocycles. The Morgan fingerprint density at radius 2 is 0.915 bits per heavy atom. The summed E-state index contributed by atoms with van der Waals surface area (Å²) in [6.07, 6.45) is 6.32. The first kappa shape index (κ1) is 37.8. The van der Waals surface area contributed by atoms with Crippen molar-refractivity contribution < 1.29 is 0 Å². The van der Waals surface area contributed by atoms with Gasteiger partial charge in [0.05, 0.1) is 8.07 Å². The molecule has 9 aromatic carbocycles. The van der Waals surface area contributed by atoms with Gasteiger partial charge in [-0.05, 0) is 139 Å². The molecule has 0 aliphatic rings. The third-order valence-electron chi connectivity index (χ3n) is 11.6. The molecule has 9 rings (SSSR count). The first-order valence-corrected chi connectivity index (χ1v) is 24.1. The zero-order valence-electron chi connectivity index (χ0n) is 34.6. The first-order chi connectivity index (χ1) is 28.6. The standard InChI is InChI=1S/C57H49NSi/c1-39(2)14-13-15-40(3)58(50-31-33-51(34-32-50)59(4,5)6)49-29-26-43(27-30-49)46-28-35-54-55(38-46)57(48-25-23-42-17-8-10-19-45(42)37-48)53-21-12-11-20-52(53)56(54)47-24-22-41-16-7-9-18-44(41)36-47/h7-38H,1H2,2-6H3/b14-13-,40-15+. The van der Waals surface area contributed by atoms with Gasteiger partial charge >= 0.3 is 0 Å². The van der Waals surface area contributed by atoms with Crippen LogP contribution in [-0.4, -0.2) is 8.07 Å². The Morgan fingerprint density at radius 1 is 0.458 bits per heavy atom. The fraction of sp³-hybridized carbons (Fsp3) is 0.0877. The molecule has 0 bridgehead atoms. The number of hydrogen-bond acceptors (Lipinski definition) is 1. The molecule has 0 atom stereocenters. The molecule has 0 amide bonds. The highest BCUT2D eigenvalue weighted by Gasteiger charge is 2.20. The van der Waals surface area contributed by atoms with Crippen molar-refractivity contribution in [1.82, 2.24) is 0 Å². The predicted molar refractivity (Wildman–Crippen MR) is 262 cm³/mol. The number of rotatable bonds is 9. The quantitative estimate of drug-likeness (QED) is 0.0802. The number of hydrogen-bond donors (Lipinski definition) is 0. The van der Waals surface area contributed by atoms with Crippen LogP contribution in [0.1, 0.15) is 13.8 Å². The second-order valence-electron chi connectivity index (χ2n) is 16.9. The molecular formula is C57H49NSi. The van der Waals surface area contributed by atoms with E-state index in [0.717, 1.165) is 22.6 Å². The van der Waals surface area contributed by atoms with Crippen LogP contribution in [0.3, 0.4) is 0 Å². The van der Waals surface area contributed by atoms with E-state index in [0.29, 0.717) is 0 Å². The van der Waals surface area contributed by atoms with Crippen molar-refractivity contribution in [1.29, 1.82) is 0 Å². The van der Waals surface area contributed by atoms with E-state index in [9.17, 15) is 0 Å². The highest BCUT2D eigenvalue weighted by Crippen LogP contribution is 2.46. The SMILES string of the molecule is C=C(C)/C=C\C=C(/C)N(c1ccc(-c2ccc3c(-c4ccc5ccccc5c4)c4ccccc4c(-c4ccc5ccccc5c4)c3c2)cc1)c1ccc([Si](C)(C)C)cc1. The third-order valence-corrected chi connectivity index (χ3v) is 13.7. The highest BCUT2D eigenvalue weighted by molar-refractivity contribution is 6.88. The summed E-state index contributed by atoms with van der Waals surface area (Å²) < 4.78 is 0. The predicted octanol–water partition coefficient (Wildman–Crippen LogP) is 16.0. The van der Waals surface area contributed by atoms with Crippen LogP contribution in [0.5, 0.6) is 0 Å². The van der Waals surface area contributed by atoms with E-state index in [1.807, 2.05) is 6.92 Å². The van der Waals surface area contributed by atoms with Gasteiger partial charge in [0.2, 0.25) is 0 Å². The van der Waals surface area contributed by atoms with Crippen LogP contribution in [0.4, 0.5) is 11.4 Å². The molecule has 2 heteroatoms. The molecule has 0 saturated heterocycles. The molecule has 59 heavy (non-hydrogen) atoms. The molecule has 0 N–H and O–H groups in total. The van der Waals surface area contributed by atoms with Gasteiger partial charge in [0.15, 0.2) is 0 Å². The molecule has 0 radical (unpaired) electrons. The normalized spacial score (nSPS) is 12.3. The van der Waals surface area contributed by atoms with Crippen molar-refractivity contribution in [3.8, 4) is 33.4 Å². The molecule has 0 aliphatic heterocycles. The summed E-state index contributed by atoms with van der Waals surface area (Å²) in [6.45, 7) is 15.5. The van der Waals surface area contributed by atoms with Gasteiger partial charge in [0.1, 0.15) is 0 Å². The van der Waals surface area contributed by atoms with Crippen molar-refractivity contribution in [2.45, 2.75) is 33.5 Å².